The van der Waals surface area contributed by atoms with Gasteiger partial charge >= 0.3 is 11.9 Å². The van der Waals surface area contributed by atoms with Crippen molar-refractivity contribution in [1.82, 2.24) is 10.6 Å². The van der Waals surface area contributed by atoms with Crippen LogP contribution in [0, 0.1) is 0 Å². The number of carboxylic acids is 2. The molecule has 0 radical (unpaired) electrons. The normalized spacial score (nSPS) is 12.9. The minimum absolute atomic E-state index is 0.0371. The fourth-order valence-corrected chi connectivity index (χ4v) is 6.40. The summed E-state index contributed by atoms with van der Waals surface area (Å²) in [6, 6.07) is -0.0743. The number of carbonyl (C=O) groups is 4. The van der Waals surface area contributed by atoms with Crippen molar-refractivity contribution in [3.05, 3.63) is 24.3 Å². The Labute approximate surface area is 249 Å². The van der Waals surface area contributed by atoms with Crippen LogP contribution in [0.5, 0.6) is 0 Å². The number of aliphatic carboxylic acids is 2. The van der Waals surface area contributed by atoms with Crippen LogP contribution in [0.15, 0.2) is 24.3 Å². The van der Waals surface area contributed by atoms with E-state index in [0.717, 1.165) is 101 Å². The molecule has 2 amide bonds. The fourth-order valence-electron chi connectivity index (χ4n) is 4.07. The topological polar surface area (TPSA) is 133 Å². The third-order valence-corrected chi connectivity index (χ3v) is 8.59. The maximum absolute atomic E-state index is 11.6. The minimum Gasteiger partial charge on any atom is -0.481 e. The summed E-state index contributed by atoms with van der Waals surface area (Å²) < 4.78 is 0. The van der Waals surface area contributed by atoms with Gasteiger partial charge in [0.25, 0.3) is 0 Å². The summed E-state index contributed by atoms with van der Waals surface area (Å²) in [4.78, 5) is 44.3. The predicted molar refractivity (Wildman–Crippen MR) is 168 cm³/mol. The highest BCUT2D eigenvalue weighted by atomic mass is 33.1. The number of hydrogen-bond acceptors (Lipinski definition) is 6. The molecule has 0 aliphatic rings. The first-order valence-electron chi connectivity index (χ1n) is 14.8. The zero-order valence-corrected chi connectivity index (χ0v) is 26.2. The molecule has 0 heterocycles. The van der Waals surface area contributed by atoms with Gasteiger partial charge in [0.15, 0.2) is 0 Å². The number of allylic oxidation sites excluding steroid dienone is 2. The summed E-state index contributed by atoms with van der Waals surface area (Å²) >= 11 is 0. The molecule has 0 rings (SSSR count). The van der Waals surface area contributed by atoms with Crippen LogP contribution < -0.4 is 10.6 Å². The Balaban J connectivity index is 4.19. The number of unbranched alkanes of at least 4 members (excludes halogenated alkanes) is 12. The van der Waals surface area contributed by atoms with Crippen LogP contribution in [0.25, 0.3) is 0 Å². The molecule has 0 saturated carbocycles. The van der Waals surface area contributed by atoms with E-state index in [2.05, 4.69) is 34.9 Å². The van der Waals surface area contributed by atoms with Crippen molar-refractivity contribution < 1.29 is 29.4 Å². The lowest BCUT2D eigenvalue weighted by Crippen LogP contribution is -2.34. The van der Waals surface area contributed by atoms with Crippen LogP contribution in [0.2, 0.25) is 0 Å². The molecule has 0 aliphatic heterocycles. The molecule has 0 spiro atoms. The van der Waals surface area contributed by atoms with Gasteiger partial charge < -0.3 is 20.8 Å². The Kier molecular flexibility index (Phi) is 25.9. The molecule has 10 heteroatoms. The van der Waals surface area contributed by atoms with Crippen LogP contribution in [0.1, 0.15) is 117 Å². The molecule has 2 atom stereocenters. The van der Waals surface area contributed by atoms with Crippen molar-refractivity contribution in [3.63, 3.8) is 0 Å². The average molecular weight is 601 g/mol. The van der Waals surface area contributed by atoms with E-state index >= 15 is 0 Å². The SMILES string of the molecule is CC(=O)NC(/C=C/CCCCCCCCC(=O)O)CSSCC(/C=C/CCCCCCCCC(=O)O)NC(C)=O. The highest BCUT2D eigenvalue weighted by Crippen LogP contribution is 2.24. The highest BCUT2D eigenvalue weighted by Gasteiger charge is 2.10. The lowest BCUT2D eigenvalue weighted by Gasteiger charge is -2.16. The Hall–Kier alpha value is -1.94. The van der Waals surface area contributed by atoms with Gasteiger partial charge in [0, 0.05) is 38.2 Å². The van der Waals surface area contributed by atoms with Gasteiger partial charge in [-0.15, -0.1) is 0 Å². The number of rotatable bonds is 27. The van der Waals surface area contributed by atoms with Crippen molar-refractivity contribution in [3.8, 4) is 0 Å². The fraction of sp³-hybridized carbons (Fsp3) is 0.733. The quantitative estimate of drug-likeness (QED) is 0.0455. The van der Waals surface area contributed by atoms with Crippen molar-refractivity contribution in [2.75, 3.05) is 11.5 Å². The van der Waals surface area contributed by atoms with Gasteiger partial charge in [0.2, 0.25) is 11.8 Å². The van der Waals surface area contributed by atoms with E-state index in [4.69, 9.17) is 10.2 Å². The smallest absolute Gasteiger partial charge is 0.303 e. The van der Waals surface area contributed by atoms with Crippen LogP contribution in [0.4, 0.5) is 0 Å². The number of amides is 2. The molecule has 40 heavy (non-hydrogen) atoms. The summed E-state index contributed by atoms with van der Waals surface area (Å²) in [5.74, 6) is -0.0636. The van der Waals surface area contributed by atoms with Gasteiger partial charge in [-0.05, 0) is 38.5 Å². The lowest BCUT2D eigenvalue weighted by atomic mass is 10.1. The van der Waals surface area contributed by atoms with Crippen LogP contribution in [-0.2, 0) is 19.2 Å². The molecule has 0 aromatic rings. The van der Waals surface area contributed by atoms with E-state index in [-0.39, 0.29) is 36.7 Å². The Bertz CT molecular complexity index is 698. The summed E-state index contributed by atoms with van der Waals surface area (Å²) in [6.07, 6.45) is 23.1. The van der Waals surface area contributed by atoms with Crippen LogP contribution >= 0.6 is 21.6 Å². The highest BCUT2D eigenvalue weighted by molar-refractivity contribution is 8.76. The molecule has 2 unspecified atom stereocenters. The largest absolute Gasteiger partial charge is 0.481 e. The van der Waals surface area contributed by atoms with E-state index in [0.29, 0.717) is 0 Å². The number of carboxylic acid groups (broad SMARTS) is 2. The molecule has 0 fully saturated rings. The van der Waals surface area contributed by atoms with Crippen molar-refractivity contribution in [2.24, 2.45) is 0 Å². The Morgan fingerprint density at radius 1 is 0.575 bits per heavy atom. The van der Waals surface area contributed by atoms with E-state index < -0.39 is 11.9 Å². The van der Waals surface area contributed by atoms with Crippen molar-refractivity contribution in [1.29, 1.82) is 0 Å². The molecular formula is C30H52N2O6S2. The zero-order valence-electron chi connectivity index (χ0n) is 24.5. The summed E-state index contributed by atoms with van der Waals surface area (Å²) in [5, 5.41) is 23.3. The second-order valence-corrected chi connectivity index (χ2v) is 12.7. The first kappa shape index (κ1) is 38.1. The monoisotopic (exact) mass is 600 g/mol. The average Bonchev–Trinajstić information content (AvgIpc) is 2.87. The van der Waals surface area contributed by atoms with Gasteiger partial charge in [-0.2, -0.15) is 0 Å². The molecule has 0 aliphatic carbocycles. The Morgan fingerprint density at radius 3 is 1.23 bits per heavy atom. The molecular weight excluding hydrogens is 548 g/mol. The van der Waals surface area contributed by atoms with E-state index in [9.17, 15) is 19.2 Å². The third kappa shape index (κ3) is 29.1. The van der Waals surface area contributed by atoms with Gasteiger partial charge in [-0.1, -0.05) is 97.3 Å². The van der Waals surface area contributed by atoms with Gasteiger partial charge in [-0.25, -0.2) is 0 Å². The summed E-state index contributed by atoms with van der Waals surface area (Å²) in [7, 11) is 3.37. The van der Waals surface area contributed by atoms with Crippen molar-refractivity contribution in [2.45, 2.75) is 129 Å². The molecule has 8 nitrogen and oxygen atoms in total. The molecule has 0 saturated heterocycles. The molecule has 4 N–H and O–H groups in total. The standard InChI is InChI=1S/C30H52N2O6S2/c1-25(33)31-27(19-15-11-7-3-5-9-13-17-21-29(35)36)23-39-40-24-28(32-26(2)34)20-16-12-8-4-6-10-14-18-22-30(37)38/h15-16,19-20,27-28H,3-14,17-18,21-24H2,1-2H3,(H,31,33)(H,32,34)(H,35,36)(H,37,38)/b19-15+,20-16+. The third-order valence-electron chi connectivity index (χ3n) is 6.12. The second-order valence-electron chi connectivity index (χ2n) is 10.1. The maximum Gasteiger partial charge on any atom is 0.303 e. The molecule has 0 aromatic heterocycles. The van der Waals surface area contributed by atoms with Gasteiger partial charge in [0.1, 0.15) is 0 Å². The van der Waals surface area contributed by atoms with E-state index in [1.165, 1.54) is 13.8 Å². The first-order valence-corrected chi connectivity index (χ1v) is 17.2. The molecule has 0 bridgehead atoms. The van der Waals surface area contributed by atoms with E-state index in [1.54, 1.807) is 21.6 Å². The van der Waals surface area contributed by atoms with Gasteiger partial charge in [-0.3, -0.25) is 19.2 Å². The number of hydrogen-bond donors (Lipinski definition) is 4. The summed E-state index contributed by atoms with van der Waals surface area (Å²) in [5.41, 5.74) is 0. The second kappa shape index (κ2) is 27.2. The molecule has 230 valence electrons. The first-order chi connectivity index (χ1) is 19.2. The maximum atomic E-state index is 11.6. The summed E-state index contributed by atoms with van der Waals surface area (Å²) in [6.45, 7) is 3.06. The van der Waals surface area contributed by atoms with Gasteiger partial charge in [0.05, 0.1) is 12.1 Å². The zero-order chi connectivity index (χ0) is 29.8. The van der Waals surface area contributed by atoms with Crippen molar-refractivity contribution >= 4 is 45.3 Å². The number of nitrogens with one attached hydrogen (secondary N) is 2. The van der Waals surface area contributed by atoms with Crippen LogP contribution in [-0.4, -0.2) is 57.6 Å². The van der Waals surface area contributed by atoms with E-state index in [1.807, 2.05) is 0 Å². The van der Waals surface area contributed by atoms with Crippen LogP contribution in [0.3, 0.4) is 0 Å². The molecule has 0 aromatic carbocycles. The number of carbonyl (C=O) groups excluding carboxylic acids is 2. The predicted octanol–water partition coefficient (Wildman–Crippen LogP) is 6.90. The minimum atomic E-state index is -0.720. The Morgan fingerprint density at radius 2 is 0.900 bits per heavy atom. The lowest BCUT2D eigenvalue weighted by molar-refractivity contribution is -0.138.